The Morgan fingerprint density at radius 3 is 1.24 bits per heavy atom. The molecule has 2 aliphatic heterocycles. The molecule has 8 heteroatoms. The van der Waals surface area contributed by atoms with E-state index in [2.05, 4.69) is 96.2 Å². The summed E-state index contributed by atoms with van der Waals surface area (Å²) in [7, 11) is 4.31. The molecule has 0 aromatic carbocycles. The quantitative estimate of drug-likeness (QED) is 0.0504. The van der Waals surface area contributed by atoms with E-state index in [0.717, 1.165) is 104 Å². The number of β-amino-alcohol motifs (C(OH)–C–C–N with tert-alkyl or cyclic N) is 1. The molecule has 1 amide bonds. The first-order chi connectivity index (χ1) is 29.0. The summed E-state index contributed by atoms with van der Waals surface area (Å²) in [6, 6.07) is 0. The molecule has 0 bridgehead atoms. The molecular weight excluding hydrogens is 731 g/mol. The lowest BCUT2D eigenvalue weighted by atomic mass is 10.1. The summed E-state index contributed by atoms with van der Waals surface area (Å²) < 4.78 is 5.80. The van der Waals surface area contributed by atoms with Gasteiger partial charge in [-0.05, 0) is 91.1 Å². The van der Waals surface area contributed by atoms with Crippen LogP contribution in [0.4, 0.5) is 4.79 Å². The van der Waals surface area contributed by atoms with E-state index in [0.29, 0.717) is 13.2 Å². The van der Waals surface area contributed by atoms with Crippen LogP contribution in [0.3, 0.4) is 0 Å². The highest BCUT2D eigenvalue weighted by Crippen LogP contribution is 2.13. The molecule has 2 rings (SSSR count). The van der Waals surface area contributed by atoms with Crippen molar-refractivity contribution in [3.05, 3.63) is 48.6 Å². The zero-order chi connectivity index (χ0) is 42.7. The minimum Gasteiger partial charge on any atom is -0.448 e. The number of aliphatic hydroxyl groups excluding tert-OH is 1. The molecule has 2 fully saturated rings. The van der Waals surface area contributed by atoms with Crippen LogP contribution in [0, 0.1) is 0 Å². The maximum absolute atomic E-state index is 13.1. The Bertz CT molecular complexity index is 969. The number of piperazine rings is 2. The summed E-state index contributed by atoms with van der Waals surface area (Å²) >= 11 is 0. The van der Waals surface area contributed by atoms with Crippen LogP contribution in [-0.2, 0) is 4.74 Å². The molecule has 0 radical (unpaired) electrons. The van der Waals surface area contributed by atoms with Gasteiger partial charge in [0.15, 0.2) is 0 Å². The minimum atomic E-state index is -0.0979. The second kappa shape index (κ2) is 42.7. The average Bonchev–Trinajstić information content (AvgIpc) is 3.24. The highest BCUT2D eigenvalue weighted by atomic mass is 16.6. The Morgan fingerprint density at radius 2 is 0.847 bits per heavy atom. The Labute approximate surface area is 366 Å². The predicted molar refractivity (Wildman–Crippen MR) is 257 cm³/mol. The molecular formula is C51H97N5O3. The fourth-order valence-corrected chi connectivity index (χ4v) is 7.51. The lowest BCUT2D eigenvalue weighted by Crippen LogP contribution is -2.46. The third-order valence-electron chi connectivity index (χ3n) is 11.8. The van der Waals surface area contributed by atoms with Gasteiger partial charge in [0.1, 0.15) is 6.61 Å². The van der Waals surface area contributed by atoms with Crippen molar-refractivity contribution in [2.75, 3.05) is 106 Å². The van der Waals surface area contributed by atoms with Gasteiger partial charge < -0.3 is 24.5 Å². The lowest BCUT2D eigenvalue weighted by molar-refractivity contribution is 0.0782. The first kappa shape index (κ1) is 55.0. The van der Waals surface area contributed by atoms with Crippen LogP contribution in [0.1, 0.15) is 168 Å². The largest absolute Gasteiger partial charge is 0.448 e. The molecule has 0 spiro atoms. The van der Waals surface area contributed by atoms with Crippen LogP contribution >= 0.6 is 0 Å². The molecule has 0 unspecified atom stereocenters. The number of ether oxygens (including phenoxy) is 1. The number of carbonyl (C=O) groups excluding carboxylic acids is 1. The van der Waals surface area contributed by atoms with Gasteiger partial charge in [0.05, 0.1) is 6.61 Å². The number of unbranched alkanes of at least 4 members (excludes halogenated alkanes) is 18. The molecule has 59 heavy (non-hydrogen) atoms. The number of hydrogen-bond donors (Lipinski definition) is 1. The van der Waals surface area contributed by atoms with Crippen molar-refractivity contribution in [2.45, 2.75) is 168 Å². The standard InChI is InChI=1S/C44H81N3O2.C7H16N2O/c1-4-6-8-10-12-14-16-18-20-22-24-26-28-30-32-34-36-47(44(48)49-43-42-46-40-38-45(3)39-41-46)37-35-33-31-29-27-25-23-21-19-17-15-13-11-9-7-5-2;1-8-2-4-9(5-3-8)6-7-10/h12-15,18-21H,4-11,16-17,22-43H2,1-3H3;10H,2-7H2,1H3/b14-12-,15-13-,20-18-,21-19-;. The number of nitrogens with zero attached hydrogens (tertiary/aromatic N) is 5. The van der Waals surface area contributed by atoms with Crippen LogP contribution in [0.25, 0.3) is 0 Å². The van der Waals surface area contributed by atoms with E-state index in [4.69, 9.17) is 9.84 Å². The number of carbonyl (C=O) groups is 1. The number of amides is 1. The van der Waals surface area contributed by atoms with Gasteiger partial charge in [-0.25, -0.2) is 4.79 Å². The van der Waals surface area contributed by atoms with Gasteiger partial charge in [-0.2, -0.15) is 0 Å². The highest BCUT2D eigenvalue weighted by molar-refractivity contribution is 5.67. The number of likely N-dealkylation sites (N-methyl/N-ethyl adjacent to an activating group) is 2. The summed E-state index contributed by atoms with van der Waals surface area (Å²) in [5, 5.41) is 8.63. The van der Waals surface area contributed by atoms with Crippen molar-refractivity contribution in [2.24, 2.45) is 0 Å². The van der Waals surface area contributed by atoms with Crippen molar-refractivity contribution in [3.8, 4) is 0 Å². The minimum absolute atomic E-state index is 0.0979. The Balaban J connectivity index is 0.00000151. The van der Waals surface area contributed by atoms with Gasteiger partial charge in [0, 0.05) is 78.5 Å². The third-order valence-corrected chi connectivity index (χ3v) is 11.8. The summed E-state index contributed by atoms with van der Waals surface area (Å²) in [5.41, 5.74) is 0. The second-order valence-corrected chi connectivity index (χ2v) is 17.3. The topological polar surface area (TPSA) is 62.7 Å². The van der Waals surface area contributed by atoms with E-state index in [9.17, 15) is 4.79 Å². The summed E-state index contributed by atoms with van der Waals surface area (Å²) in [6.07, 6.45) is 48.4. The third kappa shape index (κ3) is 36.4. The zero-order valence-electron chi connectivity index (χ0n) is 39.5. The zero-order valence-corrected chi connectivity index (χ0v) is 39.5. The number of allylic oxidation sites excluding steroid dienone is 8. The van der Waals surface area contributed by atoms with Crippen molar-refractivity contribution in [3.63, 3.8) is 0 Å². The fourth-order valence-electron chi connectivity index (χ4n) is 7.51. The molecule has 2 heterocycles. The second-order valence-electron chi connectivity index (χ2n) is 17.3. The van der Waals surface area contributed by atoms with Gasteiger partial charge >= 0.3 is 6.09 Å². The first-order valence-electron chi connectivity index (χ1n) is 24.9. The maximum Gasteiger partial charge on any atom is 0.409 e. The highest BCUT2D eigenvalue weighted by Gasteiger charge is 2.17. The molecule has 344 valence electrons. The predicted octanol–water partition coefficient (Wildman–Crippen LogP) is 11.5. The average molecular weight is 828 g/mol. The molecule has 1 N–H and O–H groups in total. The summed E-state index contributed by atoms with van der Waals surface area (Å²) in [6.45, 7) is 17.5. The van der Waals surface area contributed by atoms with E-state index in [-0.39, 0.29) is 6.09 Å². The maximum atomic E-state index is 13.1. The molecule has 0 atom stereocenters. The molecule has 0 aromatic rings. The summed E-state index contributed by atoms with van der Waals surface area (Å²) in [4.78, 5) is 24.5. The normalized spacial score (nSPS) is 16.2. The van der Waals surface area contributed by atoms with Crippen molar-refractivity contribution in [1.82, 2.24) is 24.5 Å². The molecule has 8 nitrogen and oxygen atoms in total. The van der Waals surface area contributed by atoms with E-state index < -0.39 is 0 Å². The van der Waals surface area contributed by atoms with Gasteiger partial charge in [-0.1, -0.05) is 140 Å². The smallest absolute Gasteiger partial charge is 0.409 e. The monoisotopic (exact) mass is 828 g/mol. The van der Waals surface area contributed by atoms with Crippen LogP contribution in [0.5, 0.6) is 0 Å². The number of aliphatic hydroxyl groups is 1. The van der Waals surface area contributed by atoms with Crippen LogP contribution in [0.2, 0.25) is 0 Å². The van der Waals surface area contributed by atoms with E-state index in [1.165, 1.54) is 128 Å². The van der Waals surface area contributed by atoms with E-state index >= 15 is 0 Å². The Morgan fingerprint density at radius 1 is 0.492 bits per heavy atom. The van der Waals surface area contributed by atoms with Gasteiger partial charge in [-0.3, -0.25) is 9.80 Å². The van der Waals surface area contributed by atoms with Crippen LogP contribution < -0.4 is 0 Å². The molecule has 2 aliphatic rings. The van der Waals surface area contributed by atoms with E-state index in [1.807, 2.05) is 4.90 Å². The molecule has 0 aliphatic carbocycles. The SMILES string of the molecule is CCCCC/C=C\C/C=C\CCCCCCCCN(CCCCCCCC/C=C\C/C=C\CCCCC)C(=O)OCCN1CCN(C)CC1.CN1CCN(CCO)CC1. The van der Waals surface area contributed by atoms with Gasteiger partial charge in [0.2, 0.25) is 0 Å². The van der Waals surface area contributed by atoms with Crippen LogP contribution in [-0.4, -0.2) is 142 Å². The van der Waals surface area contributed by atoms with Crippen molar-refractivity contribution in [1.29, 1.82) is 0 Å². The Kier molecular flexibility index (Phi) is 39.8. The fraction of sp³-hybridized carbons (Fsp3) is 0.824. The molecule has 0 saturated carbocycles. The first-order valence-corrected chi connectivity index (χ1v) is 24.9. The Hall–Kier alpha value is -1.97. The van der Waals surface area contributed by atoms with Crippen molar-refractivity contribution < 1.29 is 14.6 Å². The summed E-state index contributed by atoms with van der Waals surface area (Å²) in [5.74, 6) is 0. The number of hydrogen-bond acceptors (Lipinski definition) is 7. The number of rotatable bonds is 35. The van der Waals surface area contributed by atoms with Gasteiger partial charge in [0.25, 0.3) is 0 Å². The van der Waals surface area contributed by atoms with E-state index in [1.54, 1.807) is 0 Å². The van der Waals surface area contributed by atoms with Crippen LogP contribution in [0.15, 0.2) is 48.6 Å². The lowest BCUT2D eigenvalue weighted by Gasteiger charge is -2.32. The molecule has 0 aromatic heterocycles. The van der Waals surface area contributed by atoms with Crippen molar-refractivity contribution >= 4 is 6.09 Å². The molecule has 2 saturated heterocycles. The van der Waals surface area contributed by atoms with Gasteiger partial charge in [-0.15, -0.1) is 0 Å².